The SMILES string of the molecule is CCOC(=O)COc1ccc(-n2ccc(C(C)c3ccc4c(c3)sc(=O)n4COC)n2)nc1. The standard InChI is InChI=1S/C23H24N4O5S/c1-4-31-22(28)13-32-17-6-8-21(24-12-17)27-10-9-18(25-27)15(2)16-5-7-19-20(11-16)33-23(29)26(19)14-30-3/h5-12,15H,4,13-14H2,1-3H3. The van der Waals surface area contributed by atoms with Crippen LogP contribution in [0.1, 0.15) is 31.0 Å². The van der Waals surface area contributed by atoms with E-state index in [1.165, 1.54) is 11.3 Å². The van der Waals surface area contributed by atoms with Crippen LogP contribution in [0.25, 0.3) is 16.0 Å². The summed E-state index contributed by atoms with van der Waals surface area (Å²) in [5.41, 5.74) is 2.81. The summed E-state index contributed by atoms with van der Waals surface area (Å²) in [5, 5.41) is 4.67. The molecule has 0 aliphatic heterocycles. The minimum Gasteiger partial charge on any atom is -0.480 e. The first-order valence-electron chi connectivity index (χ1n) is 10.4. The fourth-order valence-electron chi connectivity index (χ4n) is 3.41. The van der Waals surface area contributed by atoms with Crippen LogP contribution in [-0.2, 0) is 21.0 Å². The van der Waals surface area contributed by atoms with E-state index < -0.39 is 5.97 Å². The van der Waals surface area contributed by atoms with Gasteiger partial charge in [0.05, 0.1) is 28.7 Å². The smallest absolute Gasteiger partial charge is 0.344 e. The Labute approximate surface area is 194 Å². The molecule has 0 N–H and O–H groups in total. The summed E-state index contributed by atoms with van der Waals surface area (Å²) in [7, 11) is 1.57. The Morgan fingerprint density at radius 1 is 1.21 bits per heavy atom. The average Bonchev–Trinajstić information content (AvgIpc) is 3.43. The van der Waals surface area contributed by atoms with Crippen molar-refractivity contribution in [3.63, 3.8) is 0 Å². The molecule has 3 heterocycles. The Morgan fingerprint density at radius 3 is 2.79 bits per heavy atom. The predicted octanol–water partition coefficient (Wildman–Crippen LogP) is 3.34. The van der Waals surface area contributed by atoms with Crippen molar-refractivity contribution >= 4 is 27.5 Å². The molecule has 33 heavy (non-hydrogen) atoms. The number of thiazole rings is 1. The summed E-state index contributed by atoms with van der Waals surface area (Å²) in [5.74, 6) is 0.700. The maximum absolute atomic E-state index is 12.2. The van der Waals surface area contributed by atoms with Crippen molar-refractivity contribution in [3.05, 3.63) is 69.7 Å². The number of carbonyl (C=O) groups excluding carboxylic acids is 1. The second kappa shape index (κ2) is 9.97. The molecule has 0 amide bonds. The molecule has 0 bridgehead atoms. The van der Waals surface area contributed by atoms with Gasteiger partial charge in [-0.2, -0.15) is 5.10 Å². The highest BCUT2D eigenvalue weighted by molar-refractivity contribution is 7.16. The topological polar surface area (TPSA) is 97.5 Å². The molecule has 0 radical (unpaired) electrons. The minimum absolute atomic E-state index is 0.0240. The Morgan fingerprint density at radius 2 is 2.06 bits per heavy atom. The van der Waals surface area contributed by atoms with Gasteiger partial charge in [-0.25, -0.2) is 14.5 Å². The van der Waals surface area contributed by atoms with Crippen LogP contribution in [0.4, 0.5) is 0 Å². The predicted molar refractivity (Wildman–Crippen MR) is 124 cm³/mol. The minimum atomic E-state index is -0.423. The highest BCUT2D eigenvalue weighted by Crippen LogP contribution is 2.28. The third-order valence-corrected chi connectivity index (χ3v) is 6.06. The Kier molecular flexibility index (Phi) is 6.85. The summed E-state index contributed by atoms with van der Waals surface area (Å²) in [6.07, 6.45) is 3.39. The van der Waals surface area contributed by atoms with Gasteiger partial charge in [-0.15, -0.1) is 0 Å². The average molecular weight is 469 g/mol. The zero-order valence-corrected chi connectivity index (χ0v) is 19.4. The number of carbonyl (C=O) groups is 1. The fourth-order valence-corrected chi connectivity index (χ4v) is 4.34. The van der Waals surface area contributed by atoms with Gasteiger partial charge in [0.25, 0.3) is 0 Å². The number of hydrogen-bond donors (Lipinski definition) is 0. The molecule has 1 aromatic carbocycles. The first-order chi connectivity index (χ1) is 16.0. The monoisotopic (exact) mass is 468 g/mol. The molecule has 0 aliphatic rings. The number of methoxy groups -OCH3 is 1. The third kappa shape index (κ3) is 4.96. The number of nitrogens with zero attached hydrogens (tertiary/aromatic N) is 4. The van der Waals surface area contributed by atoms with Crippen molar-refractivity contribution < 1.29 is 19.0 Å². The van der Waals surface area contributed by atoms with Gasteiger partial charge in [0.15, 0.2) is 12.4 Å². The van der Waals surface area contributed by atoms with Gasteiger partial charge in [0.1, 0.15) is 12.5 Å². The van der Waals surface area contributed by atoms with Gasteiger partial charge in [-0.3, -0.25) is 9.36 Å². The fraction of sp³-hybridized carbons (Fsp3) is 0.304. The van der Waals surface area contributed by atoms with E-state index in [-0.39, 0.29) is 24.1 Å². The normalized spacial score (nSPS) is 12.1. The number of rotatable bonds is 9. The molecular weight excluding hydrogens is 444 g/mol. The number of esters is 1. The molecule has 172 valence electrons. The summed E-state index contributed by atoms with van der Waals surface area (Å²) in [4.78, 5) is 27.9. The van der Waals surface area contributed by atoms with Crippen LogP contribution in [-0.4, -0.2) is 45.6 Å². The van der Waals surface area contributed by atoms with Crippen molar-refractivity contribution in [2.75, 3.05) is 20.3 Å². The van der Waals surface area contributed by atoms with E-state index in [4.69, 9.17) is 14.2 Å². The lowest BCUT2D eigenvalue weighted by Gasteiger charge is -2.10. The number of pyridine rings is 1. The first kappa shape index (κ1) is 22.7. The molecule has 10 heteroatoms. The molecule has 0 spiro atoms. The lowest BCUT2D eigenvalue weighted by molar-refractivity contribution is -0.145. The molecule has 0 saturated carbocycles. The summed E-state index contributed by atoms with van der Waals surface area (Å²) in [6, 6.07) is 11.4. The highest BCUT2D eigenvalue weighted by Gasteiger charge is 2.15. The molecule has 0 aliphatic carbocycles. The van der Waals surface area contributed by atoms with Crippen LogP contribution in [0.2, 0.25) is 0 Å². The molecule has 0 fully saturated rings. The number of hydrogen-bond acceptors (Lipinski definition) is 8. The molecule has 1 unspecified atom stereocenters. The molecule has 0 saturated heterocycles. The molecular formula is C23H24N4O5S. The molecule has 9 nitrogen and oxygen atoms in total. The summed E-state index contributed by atoms with van der Waals surface area (Å²) in [6.45, 7) is 4.20. The van der Waals surface area contributed by atoms with E-state index >= 15 is 0 Å². The molecule has 4 rings (SSSR count). The lowest BCUT2D eigenvalue weighted by atomic mass is 9.98. The first-order valence-corrected chi connectivity index (χ1v) is 11.2. The number of benzene rings is 1. The van der Waals surface area contributed by atoms with Gasteiger partial charge in [-0.05, 0) is 42.8 Å². The van der Waals surface area contributed by atoms with Crippen LogP contribution >= 0.6 is 11.3 Å². The van der Waals surface area contributed by atoms with E-state index in [1.807, 2.05) is 30.5 Å². The number of aromatic nitrogens is 4. The number of fused-ring (bicyclic) bond motifs is 1. The van der Waals surface area contributed by atoms with Crippen LogP contribution in [0.5, 0.6) is 5.75 Å². The van der Waals surface area contributed by atoms with Gasteiger partial charge in [0.2, 0.25) is 0 Å². The third-order valence-electron chi connectivity index (χ3n) is 5.12. The van der Waals surface area contributed by atoms with E-state index in [1.54, 1.807) is 41.6 Å². The van der Waals surface area contributed by atoms with Crippen molar-refractivity contribution in [2.24, 2.45) is 0 Å². The Balaban J connectivity index is 1.48. The molecule has 1 atom stereocenters. The number of ether oxygens (including phenoxy) is 3. The molecule has 3 aromatic heterocycles. The van der Waals surface area contributed by atoms with Crippen molar-refractivity contribution in [1.82, 2.24) is 19.3 Å². The van der Waals surface area contributed by atoms with Crippen LogP contribution in [0, 0.1) is 0 Å². The van der Waals surface area contributed by atoms with Crippen molar-refractivity contribution in [3.8, 4) is 11.6 Å². The summed E-state index contributed by atoms with van der Waals surface area (Å²) < 4.78 is 19.6. The zero-order chi connectivity index (χ0) is 23.4. The Hall–Kier alpha value is -3.50. The van der Waals surface area contributed by atoms with Crippen LogP contribution in [0.3, 0.4) is 0 Å². The van der Waals surface area contributed by atoms with Gasteiger partial charge in [-0.1, -0.05) is 24.3 Å². The van der Waals surface area contributed by atoms with E-state index in [2.05, 4.69) is 17.0 Å². The molecule has 4 aromatic rings. The quantitative estimate of drug-likeness (QED) is 0.348. The van der Waals surface area contributed by atoms with Crippen LogP contribution in [0.15, 0.2) is 53.6 Å². The second-order valence-electron chi connectivity index (χ2n) is 7.29. The van der Waals surface area contributed by atoms with E-state index in [9.17, 15) is 9.59 Å². The second-order valence-corrected chi connectivity index (χ2v) is 8.29. The lowest BCUT2D eigenvalue weighted by Crippen LogP contribution is -2.14. The van der Waals surface area contributed by atoms with Crippen molar-refractivity contribution in [1.29, 1.82) is 0 Å². The highest BCUT2D eigenvalue weighted by atomic mass is 32.1. The zero-order valence-electron chi connectivity index (χ0n) is 18.6. The van der Waals surface area contributed by atoms with Gasteiger partial charge in [0, 0.05) is 19.2 Å². The van der Waals surface area contributed by atoms with Crippen LogP contribution < -0.4 is 9.61 Å². The Bertz CT molecular complexity index is 1310. The maximum Gasteiger partial charge on any atom is 0.344 e. The van der Waals surface area contributed by atoms with Crippen molar-refractivity contribution in [2.45, 2.75) is 26.5 Å². The largest absolute Gasteiger partial charge is 0.480 e. The van der Waals surface area contributed by atoms with E-state index in [0.717, 1.165) is 21.5 Å². The van der Waals surface area contributed by atoms with E-state index in [0.29, 0.717) is 18.2 Å². The maximum atomic E-state index is 12.2. The summed E-state index contributed by atoms with van der Waals surface area (Å²) >= 11 is 1.21. The van der Waals surface area contributed by atoms with Gasteiger partial charge < -0.3 is 14.2 Å². The van der Waals surface area contributed by atoms with Gasteiger partial charge >= 0.3 is 10.8 Å².